The van der Waals surface area contributed by atoms with E-state index in [2.05, 4.69) is 4.98 Å². The van der Waals surface area contributed by atoms with Crippen molar-refractivity contribution < 1.29 is 22.7 Å². The lowest BCUT2D eigenvalue weighted by atomic mass is 10.1. The first kappa shape index (κ1) is 15.2. The molecule has 0 N–H and O–H groups in total. The molecule has 0 aliphatic carbocycles. The van der Waals surface area contributed by atoms with Crippen LogP contribution in [0.15, 0.2) is 22.6 Å². The molecule has 0 unspecified atom stereocenters. The molecule has 1 heterocycles. The summed E-state index contributed by atoms with van der Waals surface area (Å²) in [5, 5.41) is 0. The maximum atomic E-state index is 13.0. The second-order valence-corrected chi connectivity index (χ2v) is 4.63. The number of esters is 1. The van der Waals surface area contributed by atoms with Gasteiger partial charge in [0.2, 0.25) is 11.7 Å². The van der Waals surface area contributed by atoms with Crippen LogP contribution in [0.4, 0.5) is 8.78 Å². The molecule has 0 aliphatic rings. The first-order valence-electron chi connectivity index (χ1n) is 6.47. The quantitative estimate of drug-likeness (QED) is 0.798. The van der Waals surface area contributed by atoms with Gasteiger partial charge in [0.1, 0.15) is 0 Å². The van der Waals surface area contributed by atoms with Crippen molar-refractivity contribution in [3.8, 4) is 11.5 Å². The van der Waals surface area contributed by atoms with Crippen LogP contribution in [0.1, 0.15) is 40.7 Å². The number of oxazole rings is 1. The average Bonchev–Trinajstić information content (AvgIpc) is 2.83. The fourth-order valence-electron chi connectivity index (χ4n) is 2.04. The molecule has 0 aliphatic heterocycles. The lowest BCUT2D eigenvalue weighted by molar-refractivity contribution is 0.0476. The van der Waals surface area contributed by atoms with Crippen molar-refractivity contribution in [1.29, 1.82) is 0 Å². The zero-order valence-corrected chi connectivity index (χ0v) is 11.9. The van der Waals surface area contributed by atoms with Gasteiger partial charge in [0.15, 0.2) is 5.69 Å². The Morgan fingerprint density at radius 1 is 1.29 bits per heavy atom. The molecule has 0 bridgehead atoms. The van der Waals surface area contributed by atoms with E-state index < -0.39 is 23.8 Å². The number of benzene rings is 1. The number of aromatic nitrogens is 1. The van der Waals surface area contributed by atoms with Crippen LogP contribution in [0.3, 0.4) is 0 Å². The van der Waals surface area contributed by atoms with Crippen LogP contribution in [-0.2, 0) is 4.74 Å². The summed E-state index contributed by atoms with van der Waals surface area (Å²) >= 11 is 0. The van der Waals surface area contributed by atoms with Crippen molar-refractivity contribution in [3.05, 3.63) is 40.8 Å². The summed E-state index contributed by atoms with van der Waals surface area (Å²) in [5.41, 5.74) is 1.74. The summed E-state index contributed by atoms with van der Waals surface area (Å²) < 4.78 is 35.9. The second kappa shape index (κ2) is 6.03. The summed E-state index contributed by atoms with van der Waals surface area (Å²) in [6.45, 7) is 5.40. The van der Waals surface area contributed by atoms with Gasteiger partial charge in [-0.1, -0.05) is 17.2 Å². The van der Waals surface area contributed by atoms with Gasteiger partial charge in [0, 0.05) is 5.56 Å². The van der Waals surface area contributed by atoms with Crippen LogP contribution in [0.2, 0.25) is 0 Å². The highest BCUT2D eigenvalue weighted by Crippen LogP contribution is 2.29. The van der Waals surface area contributed by atoms with Crippen LogP contribution in [0, 0.1) is 13.8 Å². The van der Waals surface area contributed by atoms with E-state index in [0.717, 1.165) is 11.1 Å². The number of alkyl halides is 2. The molecule has 21 heavy (non-hydrogen) atoms. The third kappa shape index (κ3) is 3.26. The van der Waals surface area contributed by atoms with Crippen LogP contribution in [0.5, 0.6) is 0 Å². The van der Waals surface area contributed by atoms with E-state index in [1.165, 1.54) is 0 Å². The van der Waals surface area contributed by atoms with Gasteiger partial charge in [-0.2, -0.15) is 0 Å². The van der Waals surface area contributed by atoms with E-state index >= 15 is 0 Å². The van der Waals surface area contributed by atoms with Gasteiger partial charge >= 0.3 is 5.97 Å². The Morgan fingerprint density at radius 3 is 2.43 bits per heavy atom. The van der Waals surface area contributed by atoms with E-state index in [1.54, 1.807) is 19.1 Å². The number of carbonyl (C=O) groups is 1. The topological polar surface area (TPSA) is 52.3 Å². The largest absolute Gasteiger partial charge is 0.460 e. The lowest BCUT2D eigenvalue weighted by Crippen LogP contribution is -2.06. The summed E-state index contributed by atoms with van der Waals surface area (Å²) in [6.07, 6.45) is -2.91. The molecule has 0 saturated carbocycles. The number of rotatable bonds is 4. The molecule has 1 aromatic carbocycles. The van der Waals surface area contributed by atoms with Gasteiger partial charge in [0.05, 0.1) is 6.61 Å². The fraction of sp³-hybridized carbons (Fsp3) is 0.333. The molecule has 0 spiro atoms. The van der Waals surface area contributed by atoms with Gasteiger partial charge in [-0.05, 0) is 32.9 Å². The number of aryl methyl sites for hydroxylation is 2. The Kier molecular flexibility index (Phi) is 4.35. The van der Waals surface area contributed by atoms with Gasteiger partial charge in [-0.25, -0.2) is 18.6 Å². The van der Waals surface area contributed by atoms with Crippen LogP contribution in [0.25, 0.3) is 11.5 Å². The Labute approximate surface area is 120 Å². The highest BCUT2D eigenvalue weighted by atomic mass is 19.3. The maximum absolute atomic E-state index is 13.0. The second-order valence-electron chi connectivity index (χ2n) is 4.63. The highest BCUT2D eigenvalue weighted by molar-refractivity contribution is 5.88. The molecule has 2 rings (SSSR count). The van der Waals surface area contributed by atoms with Gasteiger partial charge in [0.25, 0.3) is 6.43 Å². The molecule has 112 valence electrons. The van der Waals surface area contributed by atoms with Crippen molar-refractivity contribution in [2.45, 2.75) is 27.2 Å². The van der Waals surface area contributed by atoms with Gasteiger partial charge in [-0.3, -0.25) is 0 Å². The van der Waals surface area contributed by atoms with Crippen molar-refractivity contribution in [3.63, 3.8) is 0 Å². The number of ether oxygens (including phenoxy) is 1. The molecule has 0 fully saturated rings. The zero-order chi connectivity index (χ0) is 15.6. The van der Waals surface area contributed by atoms with E-state index in [-0.39, 0.29) is 12.5 Å². The SMILES string of the molecule is CCOC(=O)c1oc(-c2cc(C)cc(C)c2)nc1C(F)F. The Balaban J connectivity index is 2.50. The average molecular weight is 295 g/mol. The normalized spacial score (nSPS) is 11.0. The van der Waals surface area contributed by atoms with E-state index in [0.29, 0.717) is 5.56 Å². The third-order valence-corrected chi connectivity index (χ3v) is 2.79. The van der Waals surface area contributed by atoms with Crippen molar-refractivity contribution >= 4 is 5.97 Å². The van der Waals surface area contributed by atoms with Crippen LogP contribution < -0.4 is 0 Å². The van der Waals surface area contributed by atoms with Crippen molar-refractivity contribution in [2.24, 2.45) is 0 Å². The number of carbonyl (C=O) groups excluding carboxylic acids is 1. The minimum absolute atomic E-state index is 0.0137. The van der Waals surface area contributed by atoms with E-state index in [9.17, 15) is 13.6 Å². The number of hydrogen-bond donors (Lipinski definition) is 0. The number of hydrogen-bond acceptors (Lipinski definition) is 4. The Bertz CT molecular complexity index is 645. The van der Waals surface area contributed by atoms with Crippen LogP contribution >= 0.6 is 0 Å². The molecule has 4 nitrogen and oxygen atoms in total. The minimum atomic E-state index is -2.91. The molecule has 6 heteroatoms. The monoisotopic (exact) mass is 295 g/mol. The first-order valence-corrected chi connectivity index (χ1v) is 6.47. The summed E-state index contributed by atoms with van der Waals surface area (Å²) in [4.78, 5) is 15.4. The maximum Gasteiger partial charge on any atom is 0.376 e. The van der Waals surface area contributed by atoms with E-state index in [1.807, 2.05) is 19.9 Å². The Morgan fingerprint density at radius 2 is 1.90 bits per heavy atom. The van der Waals surface area contributed by atoms with Gasteiger partial charge < -0.3 is 9.15 Å². The first-order chi connectivity index (χ1) is 9.92. The lowest BCUT2D eigenvalue weighted by Gasteiger charge is -2.01. The smallest absolute Gasteiger partial charge is 0.376 e. The summed E-state index contributed by atoms with van der Waals surface area (Å²) in [7, 11) is 0. The van der Waals surface area contributed by atoms with E-state index in [4.69, 9.17) is 9.15 Å². The Hall–Kier alpha value is -2.24. The summed E-state index contributed by atoms with van der Waals surface area (Å²) in [6, 6.07) is 5.44. The predicted molar refractivity (Wildman–Crippen MR) is 72.3 cm³/mol. The van der Waals surface area contributed by atoms with Crippen molar-refractivity contribution in [2.75, 3.05) is 6.61 Å². The highest BCUT2D eigenvalue weighted by Gasteiger charge is 2.28. The molecule has 0 atom stereocenters. The molecule has 1 aromatic heterocycles. The van der Waals surface area contributed by atoms with Crippen molar-refractivity contribution in [1.82, 2.24) is 4.98 Å². The molecule has 0 amide bonds. The molecular weight excluding hydrogens is 280 g/mol. The predicted octanol–water partition coefficient (Wildman–Crippen LogP) is 4.07. The molecular formula is C15H15F2NO3. The van der Waals surface area contributed by atoms with Gasteiger partial charge in [-0.15, -0.1) is 0 Å². The minimum Gasteiger partial charge on any atom is -0.460 e. The number of halogens is 2. The summed E-state index contributed by atoms with van der Waals surface area (Å²) in [5.74, 6) is -1.49. The molecule has 0 radical (unpaired) electrons. The standard InChI is InChI=1S/C15H15F2NO3/c1-4-20-15(19)12-11(13(16)17)18-14(21-12)10-6-8(2)5-9(3)7-10/h5-7,13H,4H2,1-3H3. The molecule has 2 aromatic rings. The molecule has 0 saturated heterocycles. The number of nitrogens with zero attached hydrogens (tertiary/aromatic N) is 1. The van der Waals surface area contributed by atoms with Crippen LogP contribution in [-0.4, -0.2) is 17.6 Å². The fourth-order valence-corrected chi connectivity index (χ4v) is 2.04. The zero-order valence-electron chi connectivity index (χ0n) is 11.9. The third-order valence-electron chi connectivity index (χ3n) is 2.79.